The molecule has 0 aliphatic rings. The number of hydrogen-bond acceptors (Lipinski definition) is 5. The van der Waals surface area contributed by atoms with Gasteiger partial charge in [-0.05, 0) is 32.6 Å². The van der Waals surface area contributed by atoms with E-state index in [1.807, 2.05) is 27.7 Å². The van der Waals surface area contributed by atoms with Crippen molar-refractivity contribution in [1.29, 1.82) is 0 Å². The molecule has 0 atom stereocenters. The molecule has 0 saturated heterocycles. The number of rotatable bonds is 5. The van der Waals surface area contributed by atoms with Gasteiger partial charge >= 0.3 is 0 Å². The van der Waals surface area contributed by atoms with Gasteiger partial charge in [-0.1, -0.05) is 18.7 Å². The number of anilines is 1. The van der Waals surface area contributed by atoms with Gasteiger partial charge in [-0.2, -0.15) is 5.10 Å². The van der Waals surface area contributed by atoms with Gasteiger partial charge in [-0.15, -0.1) is 0 Å². The first kappa shape index (κ1) is 15.5. The van der Waals surface area contributed by atoms with Crippen molar-refractivity contribution in [2.24, 2.45) is 0 Å². The molecule has 0 aliphatic heterocycles. The number of hydrogen-bond donors (Lipinski definition) is 1. The summed E-state index contributed by atoms with van der Waals surface area (Å²) in [5.41, 5.74) is 1.81. The number of aryl methyl sites for hydroxylation is 1. The van der Waals surface area contributed by atoms with E-state index in [1.54, 1.807) is 23.1 Å². The van der Waals surface area contributed by atoms with Crippen LogP contribution in [0, 0.1) is 6.92 Å². The number of nitrogens with one attached hydrogen (secondary N) is 1. The number of carbonyl (C=O) groups is 1. The van der Waals surface area contributed by atoms with Crippen LogP contribution in [0.15, 0.2) is 23.6 Å². The fourth-order valence-corrected chi connectivity index (χ4v) is 2.36. The van der Waals surface area contributed by atoms with Crippen LogP contribution < -0.4 is 5.32 Å². The van der Waals surface area contributed by atoms with E-state index in [9.17, 15) is 4.79 Å². The third-order valence-corrected chi connectivity index (χ3v) is 3.46. The Labute approximate surface area is 128 Å². The molecule has 0 saturated carbocycles. The summed E-state index contributed by atoms with van der Waals surface area (Å²) < 4.78 is 1.79. The zero-order valence-electron chi connectivity index (χ0n) is 12.6. The zero-order valence-corrected chi connectivity index (χ0v) is 13.4. The number of thioether (sulfide) groups is 1. The largest absolute Gasteiger partial charge is 0.318 e. The summed E-state index contributed by atoms with van der Waals surface area (Å²) in [5, 5.41) is 7.63. The van der Waals surface area contributed by atoms with Gasteiger partial charge in [-0.3, -0.25) is 9.48 Å². The molecule has 2 aromatic heterocycles. The molecule has 2 rings (SSSR count). The third kappa shape index (κ3) is 4.04. The Kier molecular flexibility index (Phi) is 4.95. The third-order valence-electron chi connectivity index (χ3n) is 2.73. The molecule has 0 aromatic carbocycles. The highest BCUT2D eigenvalue weighted by molar-refractivity contribution is 7.99. The van der Waals surface area contributed by atoms with Crippen LogP contribution in [0.5, 0.6) is 0 Å². The molecule has 1 amide bonds. The van der Waals surface area contributed by atoms with E-state index in [0.29, 0.717) is 16.5 Å². The van der Waals surface area contributed by atoms with Crippen LogP contribution in [-0.2, 0) is 0 Å². The predicted molar refractivity (Wildman–Crippen MR) is 83.7 cm³/mol. The zero-order chi connectivity index (χ0) is 15.4. The minimum atomic E-state index is -0.248. The minimum absolute atomic E-state index is 0.248. The fourth-order valence-electron chi connectivity index (χ4n) is 1.73. The van der Waals surface area contributed by atoms with Crippen molar-refractivity contribution < 1.29 is 4.79 Å². The Morgan fingerprint density at radius 1 is 1.43 bits per heavy atom. The van der Waals surface area contributed by atoms with Gasteiger partial charge in [0, 0.05) is 17.9 Å². The van der Waals surface area contributed by atoms with Gasteiger partial charge in [0.25, 0.3) is 5.91 Å². The smallest absolute Gasteiger partial charge is 0.274 e. The van der Waals surface area contributed by atoms with Crippen LogP contribution in [0.4, 0.5) is 5.69 Å². The minimum Gasteiger partial charge on any atom is -0.318 e. The quantitative estimate of drug-likeness (QED) is 0.679. The molecule has 2 aromatic rings. The van der Waals surface area contributed by atoms with Crippen molar-refractivity contribution in [2.75, 3.05) is 11.1 Å². The molecular weight excluding hydrogens is 286 g/mol. The molecule has 1 N–H and O–H groups in total. The second-order valence-electron chi connectivity index (χ2n) is 4.87. The molecule has 0 fully saturated rings. The Bertz CT molecular complexity index is 638. The topological polar surface area (TPSA) is 72.7 Å². The second-order valence-corrected chi connectivity index (χ2v) is 6.10. The molecule has 0 aliphatic carbocycles. The molecule has 112 valence electrons. The second kappa shape index (κ2) is 6.71. The van der Waals surface area contributed by atoms with Crippen molar-refractivity contribution in [3.63, 3.8) is 0 Å². The maximum Gasteiger partial charge on any atom is 0.274 e. The number of amides is 1. The van der Waals surface area contributed by atoms with Crippen LogP contribution >= 0.6 is 11.8 Å². The van der Waals surface area contributed by atoms with Crippen molar-refractivity contribution in [3.05, 3.63) is 29.8 Å². The lowest BCUT2D eigenvalue weighted by Crippen LogP contribution is -2.14. The van der Waals surface area contributed by atoms with Crippen molar-refractivity contribution in [2.45, 2.75) is 38.9 Å². The van der Waals surface area contributed by atoms with E-state index < -0.39 is 0 Å². The summed E-state index contributed by atoms with van der Waals surface area (Å²) >= 11 is 1.52. The molecule has 0 radical (unpaired) electrons. The number of nitrogens with zero attached hydrogens (tertiary/aromatic N) is 4. The van der Waals surface area contributed by atoms with Gasteiger partial charge in [0.05, 0.1) is 11.9 Å². The number of aromatic nitrogens is 4. The Balaban J connectivity index is 2.15. The molecule has 6 nitrogen and oxygen atoms in total. The predicted octanol–water partition coefficient (Wildman–Crippen LogP) is 2.93. The van der Waals surface area contributed by atoms with Gasteiger partial charge in [-0.25, -0.2) is 9.97 Å². The monoisotopic (exact) mass is 305 g/mol. The Morgan fingerprint density at radius 2 is 2.19 bits per heavy atom. The van der Waals surface area contributed by atoms with E-state index >= 15 is 0 Å². The lowest BCUT2D eigenvalue weighted by Gasteiger charge is -2.06. The summed E-state index contributed by atoms with van der Waals surface area (Å²) in [7, 11) is 0. The van der Waals surface area contributed by atoms with E-state index in [4.69, 9.17) is 0 Å². The molecule has 2 heterocycles. The van der Waals surface area contributed by atoms with Crippen molar-refractivity contribution in [1.82, 2.24) is 19.7 Å². The maximum absolute atomic E-state index is 12.3. The molecule has 7 heteroatoms. The lowest BCUT2D eigenvalue weighted by molar-refractivity contribution is 0.102. The van der Waals surface area contributed by atoms with Crippen molar-refractivity contribution in [3.8, 4) is 0 Å². The Morgan fingerprint density at radius 3 is 2.81 bits per heavy atom. The van der Waals surface area contributed by atoms with E-state index in [-0.39, 0.29) is 11.9 Å². The van der Waals surface area contributed by atoms with Gasteiger partial charge in [0.15, 0.2) is 5.16 Å². The summed E-state index contributed by atoms with van der Waals surface area (Å²) in [5.74, 6) is 0.618. The van der Waals surface area contributed by atoms with Crippen LogP contribution in [-0.4, -0.2) is 31.4 Å². The molecular formula is C14H19N5OS. The SMILES string of the molecule is CCSc1nc(C)cc(C(=O)Nc2cnn(C(C)C)c2)n1. The number of carbonyl (C=O) groups excluding carboxylic acids is 1. The Hall–Kier alpha value is -1.89. The van der Waals surface area contributed by atoms with Crippen molar-refractivity contribution >= 4 is 23.4 Å². The van der Waals surface area contributed by atoms with Crippen LogP contribution in [0.25, 0.3) is 0 Å². The molecule has 21 heavy (non-hydrogen) atoms. The van der Waals surface area contributed by atoms with E-state index in [0.717, 1.165) is 11.4 Å². The highest BCUT2D eigenvalue weighted by Crippen LogP contribution is 2.15. The van der Waals surface area contributed by atoms with Crippen LogP contribution in [0.1, 0.15) is 43.0 Å². The van der Waals surface area contributed by atoms with Gasteiger partial charge < -0.3 is 5.32 Å². The van der Waals surface area contributed by atoms with Crippen LogP contribution in [0.2, 0.25) is 0 Å². The summed E-state index contributed by atoms with van der Waals surface area (Å²) in [6.07, 6.45) is 3.44. The van der Waals surface area contributed by atoms with Crippen LogP contribution in [0.3, 0.4) is 0 Å². The first-order valence-electron chi connectivity index (χ1n) is 6.83. The summed E-state index contributed by atoms with van der Waals surface area (Å²) in [4.78, 5) is 20.8. The summed E-state index contributed by atoms with van der Waals surface area (Å²) in [6.45, 7) is 7.94. The average Bonchev–Trinajstić information content (AvgIpc) is 2.87. The standard InChI is InChI=1S/C14H19N5OS/c1-5-21-14-16-10(4)6-12(18-14)13(20)17-11-7-15-19(8-11)9(2)3/h6-9H,5H2,1-4H3,(H,17,20). The van der Waals surface area contributed by atoms with E-state index in [1.165, 1.54) is 11.8 Å². The molecule has 0 bridgehead atoms. The van der Waals surface area contributed by atoms with E-state index in [2.05, 4.69) is 20.4 Å². The molecule has 0 spiro atoms. The normalized spacial score (nSPS) is 10.9. The maximum atomic E-state index is 12.3. The first-order valence-corrected chi connectivity index (χ1v) is 7.82. The highest BCUT2D eigenvalue weighted by atomic mass is 32.2. The van der Waals surface area contributed by atoms with Gasteiger partial charge in [0.2, 0.25) is 0 Å². The molecule has 0 unspecified atom stereocenters. The average molecular weight is 305 g/mol. The van der Waals surface area contributed by atoms with Gasteiger partial charge in [0.1, 0.15) is 5.69 Å². The summed E-state index contributed by atoms with van der Waals surface area (Å²) in [6, 6.07) is 1.94. The first-order chi connectivity index (χ1) is 9.99. The lowest BCUT2D eigenvalue weighted by atomic mass is 10.3. The highest BCUT2D eigenvalue weighted by Gasteiger charge is 2.12. The fraction of sp³-hybridized carbons (Fsp3) is 0.429.